The number of aryl methyl sites for hydroxylation is 1. The van der Waals surface area contributed by atoms with Crippen molar-refractivity contribution in [2.24, 2.45) is 0 Å². The van der Waals surface area contributed by atoms with Gasteiger partial charge in [-0.05, 0) is 38.0 Å². The fourth-order valence-electron chi connectivity index (χ4n) is 3.48. The number of benzene rings is 1. The van der Waals surface area contributed by atoms with E-state index in [-0.39, 0.29) is 11.2 Å². The van der Waals surface area contributed by atoms with Gasteiger partial charge in [0.15, 0.2) is 5.16 Å². The number of ether oxygens (including phenoxy) is 1. The molecule has 0 unspecified atom stereocenters. The summed E-state index contributed by atoms with van der Waals surface area (Å²) < 4.78 is 7.84. The average Bonchev–Trinajstić information content (AvgIpc) is 3.05. The van der Waals surface area contributed by atoms with E-state index in [1.807, 2.05) is 37.3 Å². The molecule has 0 saturated heterocycles. The Morgan fingerprint density at radius 1 is 1.39 bits per heavy atom. The minimum atomic E-state index is -0.224. The van der Waals surface area contributed by atoms with E-state index in [9.17, 15) is 4.79 Å². The smallest absolute Gasteiger partial charge is 0.267 e. The van der Waals surface area contributed by atoms with Crippen LogP contribution in [0.1, 0.15) is 36.3 Å². The van der Waals surface area contributed by atoms with Gasteiger partial charge in [0.1, 0.15) is 4.83 Å². The Balaban J connectivity index is 1.97. The fraction of sp³-hybridized carbons (Fsp3) is 0.364. The van der Waals surface area contributed by atoms with E-state index >= 15 is 0 Å². The molecular formula is C22H24N2O2S2. The van der Waals surface area contributed by atoms with Crippen LogP contribution in [-0.4, -0.2) is 20.9 Å². The number of hydrogen-bond donors (Lipinski definition) is 0. The molecule has 0 aliphatic carbocycles. The molecule has 0 bridgehead atoms. The number of thiophene rings is 1. The second-order valence-corrected chi connectivity index (χ2v) is 9.49. The van der Waals surface area contributed by atoms with Crippen molar-refractivity contribution in [3.05, 3.63) is 63.3 Å². The maximum Gasteiger partial charge on any atom is 0.267 e. The van der Waals surface area contributed by atoms with E-state index in [2.05, 4.69) is 20.4 Å². The van der Waals surface area contributed by atoms with Gasteiger partial charge < -0.3 is 4.74 Å². The number of nitrogens with zero attached hydrogens (tertiary/aromatic N) is 2. The van der Waals surface area contributed by atoms with Crippen LogP contribution in [0.5, 0.6) is 0 Å². The van der Waals surface area contributed by atoms with E-state index < -0.39 is 0 Å². The molecule has 146 valence electrons. The first kappa shape index (κ1) is 19.4. The molecule has 28 heavy (non-hydrogen) atoms. The van der Waals surface area contributed by atoms with Crippen molar-refractivity contribution in [2.75, 3.05) is 5.75 Å². The minimum Gasteiger partial charge on any atom is -0.369 e. The fourth-order valence-corrected chi connectivity index (χ4v) is 5.37. The maximum atomic E-state index is 13.7. The highest BCUT2D eigenvalue weighted by molar-refractivity contribution is 7.99. The lowest BCUT2D eigenvalue weighted by molar-refractivity contribution is -0.0543. The molecule has 1 aromatic carbocycles. The van der Waals surface area contributed by atoms with Crippen molar-refractivity contribution in [1.82, 2.24) is 9.55 Å². The Hall–Kier alpha value is -1.89. The van der Waals surface area contributed by atoms with Gasteiger partial charge in [0, 0.05) is 17.1 Å². The van der Waals surface area contributed by atoms with Crippen LogP contribution in [0.4, 0.5) is 0 Å². The first-order valence-corrected chi connectivity index (χ1v) is 11.3. The lowest BCUT2D eigenvalue weighted by Crippen LogP contribution is -2.34. The summed E-state index contributed by atoms with van der Waals surface area (Å²) in [6.07, 6.45) is 3.50. The zero-order valence-corrected chi connectivity index (χ0v) is 18.1. The van der Waals surface area contributed by atoms with Gasteiger partial charge in [0.05, 0.1) is 23.3 Å². The predicted octanol–water partition coefficient (Wildman–Crippen LogP) is 5.28. The Morgan fingerprint density at radius 2 is 2.14 bits per heavy atom. The lowest BCUT2D eigenvalue weighted by atomic mass is 9.90. The molecule has 0 spiro atoms. The zero-order chi connectivity index (χ0) is 19.9. The third-order valence-corrected chi connectivity index (χ3v) is 7.38. The molecule has 0 radical (unpaired) electrons. The zero-order valence-electron chi connectivity index (χ0n) is 16.4. The third-order valence-electron chi connectivity index (χ3n) is 5.35. The standard InChI is InChI=1S/C22H24N2O2S2/c1-5-11-27-21-23-19-18(16-12-22(4,6-2)26-13-17(16)28-19)20(25)24(21)15-9-7-14(3)8-10-15/h5,7-10H,1,6,11-13H2,2-4H3/t22-/m1/s1. The largest absolute Gasteiger partial charge is 0.369 e. The first-order chi connectivity index (χ1) is 13.5. The van der Waals surface area contributed by atoms with Gasteiger partial charge in [-0.2, -0.15) is 0 Å². The molecule has 3 aromatic rings. The van der Waals surface area contributed by atoms with Crippen LogP contribution in [0.2, 0.25) is 0 Å². The molecule has 0 fully saturated rings. The van der Waals surface area contributed by atoms with Crippen molar-refractivity contribution in [3.63, 3.8) is 0 Å². The predicted molar refractivity (Wildman–Crippen MR) is 118 cm³/mol. The summed E-state index contributed by atoms with van der Waals surface area (Å²) in [5.74, 6) is 0.700. The molecule has 2 aromatic heterocycles. The highest BCUT2D eigenvalue weighted by atomic mass is 32.2. The molecule has 0 amide bonds. The summed E-state index contributed by atoms with van der Waals surface area (Å²) in [5, 5.41) is 1.46. The number of thioether (sulfide) groups is 1. The van der Waals surface area contributed by atoms with Crippen LogP contribution >= 0.6 is 23.1 Å². The second kappa shape index (κ2) is 7.50. The summed E-state index contributed by atoms with van der Waals surface area (Å²) in [4.78, 5) is 20.5. The summed E-state index contributed by atoms with van der Waals surface area (Å²) in [7, 11) is 0. The summed E-state index contributed by atoms with van der Waals surface area (Å²) in [6, 6.07) is 8.03. The van der Waals surface area contributed by atoms with Crippen LogP contribution < -0.4 is 5.56 Å². The van der Waals surface area contributed by atoms with Crippen LogP contribution in [-0.2, 0) is 17.8 Å². The molecular weight excluding hydrogens is 388 g/mol. The first-order valence-electron chi connectivity index (χ1n) is 9.48. The Labute approximate surface area is 173 Å². The Bertz CT molecular complexity index is 1100. The van der Waals surface area contributed by atoms with Crippen molar-refractivity contribution in [2.45, 2.75) is 51.0 Å². The van der Waals surface area contributed by atoms with Gasteiger partial charge in [-0.1, -0.05) is 42.5 Å². The van der Waals surface area contributed by atoms with Crippen molar-refractivity contribution < 1.29 is 4.74 Å². The van der Waals surface area contributed by atoms with E-state index in [1.54, 1.807) is 15.9 Å². The molecule has 6 heteroatoms. The maximum absolute atomic E-state index is 13.7. The van der Waals surface area contributed by atoms with Crippen LogP contribution in [0.3, 0.4) is 0 Å². The number of fused-ring (bicyclic) bond motifs is 3. The van der Waals surface area contributed by atoms with Gasteiger partial charge in [0.2, 0.25) is 0 Å². The van der Waals surface area contributed by atoms with E-state index in [1.165, 1.54) is 11.8 Å². The van der Waals surface area contributed by atoms with Gasteiger partial charge in [-0.3, -0.25) is 9.36 Å². The number of rotatable bonds is 5. The van der Waals surface area contributed by atoms with Crippen molar-refractivity contribution >= 4 is 33.3 Å². The summed E-state index contributed by atoms with van der Waals surface area (Å²) in [6.45, 7) is 10.7. The second-order valence-electron chi connectivity index (χ2n) is 7.42. The van der Waals surface area contributed by atoms with E-state index in [0.29, 0.717) is 17.5 Å². The third kappa shape index (κ3) is 3.34. The number of hydrogen-bond acceptors (Lipinski definition) is 5. The van der Waals surface area contributed by atoms with Gasteiger partial charge in [-0.25, -0.2) is 4.98 Å². The SMILES string of the molecule is C=CCSc1nc2sc3c(c2c(=O)n1-c1ccc(C)cc1)C[C@@](C)(CC)OC3. The normalized spacial score (nSPS) is 19.0. The highest BCUT2D eigenvalue weighted by Crippen LogP contribution is 2.39. The van der Waals surface area contributed by atoms with E-state index in [4.69, 9.17) is 9.72 Å². The number of aromatic nitrogens is 2. The molecule has 4 rings (SSSR count). The molecule has 4 nitrogen and oxygen atoms in total. The molecule has 0 saturated carbocycles. The topological polar surface area (TPSA) is 44.1 Å². The lowest BCUT2D eigenvalue weighted by Gasteiger charge is -2.32. The molecule has 0 N–H and O–H groups in total. The van der Waals surface area contributed by atoms with Crippen LogP contribution in [0, 0.1) is 6.92 Å². The van der Waals surface area contributed by atoms with Crippen LogP contribution in [0.15, 0.2) is 46.9 Å². The van der Waals surface area contributed by atoms with Crippen molar-refractivity contribution in [3.8, 4) is 5.69 Å². The van der Waals surface area contributed by atoms with Gasteiger partial charge in [-0.15, -0.1) is 17.9 Å². The van der Waals surface area contributed by atoms with E-state index in [0.717, 1.165) is 44.7 Å². The van der Waals surface area contributed by atoms with Gasteiger partial charge >= 0.3 is 0 Å². The Morgan fingerprint density at radius 3 is 2.82 bits per heavy atom. The summed E-state index contributed by atoms with van der Waals surface area (Å²) >= 11 is 3.13. The monoisotopic (exact) mass is 412 g/mol. The quantitative estimate of drug-likeness (QED) is 0.325. The summed E-state index contributed by atoms with van der Waals surface area (Å²) in [5.41, 5.74) is 2.92. The Kier molecular flexibility index (Phi) is 5.21. The molecule has 3 heterocycles. The van der Waals surface area contributed by atoms with Gasteiger partial charge in [0.25, 0.3) is 5.56 Å². The molecule has 1 aliphatic heterocycles. The minimum absolute atomic E-state index is 0.0123. The van der Waals surface area contributed by atoms with Crippen molar-refractivity contribution in [1.29, 1.82) is 0 Å². The molecule has 1 atom stereocenters. The molecule has 1 aliphatic rings. The van der Waals surface area contributed by atoms with Crippen LogP contribution in [0.25, 0.3) is 15.9 Å². The highest BCUT2D eigenvalue weighted by Gasteiger charge is 2.33. The average molecular weight is 413 g/mol.